The molecule has 0 aliphatic heterocycles. The molecule has 0 unspecified atom stereocenters. The van der Waals surface area contributed by atoms with Crippen LogP contribution in [0.15, 0.2) is 48.8 Å². The molecule has 3 aromatic rings. The van der Waals surface area contributed by atoms with E-state index < -0.39 is 11.7 Å². The van der Waals surface area contributed by atoms with E-state index in [0.29, 0.717) is 22.5 Å². The second-order valence-electron chi connectivity index (χ2n) is 6.53. The normalized spacial score (nSPS) is 12.6. The van der Waals surface area contributed by atoms with Crippen LogP contribution < -0.4 is 5.32 Å². The van der Waals surface area contributed by atoms with Crippen LogP contribution in [-0.2, 0) is 6.18 Å². The van der Waals surface area contributed by atoms with Gasteiger partial charge in [-0.25, -0.2) is 4.68 Å². The molecular weight excluding hydrogens is 369 g/mol. The number of nitrogens with one attached hydrogen (secondary N) is 1. The number of aryl methyl sites for hydroxylation is 1. The fourth-order valence-corrected chi connectivity index (χ4v) is 2.88. The summed E-state index contributed by atoms with van der Waals surface area (Å²) in [5.41, 5.74) is 2.16. The lowest BCUT2D eigenvalue weighted by atomic mass is 10.1. The van der Waals surface area contributed by atoms with Crippen molar-refractivity contribution < 1.29 is 18.0 Å². The van der Waals surface area contributed by atoms with Gasteiger partial charge in [-0.2, -0.15) is 18.3 Å². The van der Waals surface area contributed by atoms with Gasteiger partial charge in [0, 0.05) is 23.1 Å². The Kier molecular flexibility index (Phi) is 5.22. The average Bonchev–Trinajstić information content (AvgIpc) is 3.03. The number of aromatic nitrogens is 3. The number of hydrogen-bond donors (Lipinski definition) is 1. The van der Waals surface area contributed by atoms with Crippen LogP contribution in [0.4, 0.5) is 13.2 Å². The number of carbonyl (C=O) groups is 1. The highest BCUT2D eigenvalue weighted by molar-refractivity contribution is 5.94. The molecule has 0 bridgehead atoms. The zero-order chi connectivity index (χ0) is 20.5. The Labute approximate surface area is 160 Å². The smallest absolute Gasteiger partial charge is 0.345 e. The van der Waals surface area contributed by atoms with Crippen LogP contribution in [0.3, 0.4) is 0 Å². The molecule has 0 spiro atoms. The molecule has 0 saturated carbocycles. The fourth-order valence-electron chi connectivity index (χ4n) is 2.88. The largest absolute Gasteiger partial charge is 0.416 e. The SMILES string of the molecule is Cc1ccc(C(=O)N[C@@H](C)c2cnn(-c3cccc(C(F)(F)F)c3)c2C)cn1. The molecular formula is C20H19F3N4O. The molecule has 2 heterocycles. The van der Waals surface area contributed by atoms with Crippen LogP contribution in [0.5, 0.6) is 0 Å². The van der Waals surface area contributed by atoms with Gasteiger partial charge in [0.15, 0.2) is 0 Å². The van der Waals surface area contributed by atoms with E-state index >= 15 is 0 Å². The molecule has 0 saturated heterocycles. The summed E-state index contributed by atoms with van der Waals surface area (Å²) in [5.74, 6) is -0.286. The summed E-state index contributed by atoms with van der Waals surface area (Å²) in [6.45, 7) is 5.37. The van der Waals surface area contributed by atoms with E-state index in [2.05, 4.69) is 15.4 Å². The summed E-state index contributed by atoms with van der Waals surface area (Å²) in [4.78, 5) is 16.5. The molecule has 0 fully saturated rings. The summed E-state index contributed by atoms with van der Waals surface area (Å²) >= 11 is 0. The number of halogens is 3. The maximum Gasteiger partial charge on any atom is 0.416 e. The van der Waals surface area contributed by atoms with Crippen LogP contribution in [-0.4, -0.2) is 20.7 Å². The Morgan fingerprint density at radius 2 is 1.89 bits per heavy atom. The Morgan fingerprint density at radius 1 is 1.14 bits per heavy atom. The molecule has 28 heavy (non-hydrogen) atoms. The van der Waals surface area contributed by atoms with Crippen molar-refractivity contribution in [1.82, 2.24) is 20.1 Å². The van der Waals surface area contributed by atoms with Crippen LogP contribution >= 0.6 is 0 Å². The van der Waals surface area contributed by atoms with E-state index in [1.807, 2.05) is 6.92 Å². The minimum Gasteiger partial charge on any atom is -0.345 e. The van der Waals surface area contributed by atoms with Gasteiger partial charge >= 0.3 is 6.18 Å². The van der Waals surface area contributed by atoms with Gasteiger partial charge in [0.1, 0.15) is 0 Å². The van der Waals surface area contributed by atoms with Crippen molar-refractivity contribution in [3.8, 4) is 5.69 Å². The van der Waals surface area contributed by atoms with Gasteiger partial charge in [0.2, 0.25) is 0 Å². The molecule has 0 radical (unpaired) electrons. The second-order valence-corrected chi connectivity index (χ2v) is 6.53. The number of rotatable bonds is 4. The van der Waals surface area contributed by atoms with Gasteiger partial charge in [-0.3, -0.25) is 9.78 Å². The first-order valence-electron chi connectivity index (χ1n) is 8.62. The monoisotopic (exact) mass is 388 g/mol. The molecule has 0 aliphatic carbocycles. The number of alkyl halides is 3. The maximum atomic E-state index is 13.0. The van der Waals surface area contributed by atoms with Crippen LogP contribution in [0, 0.1) is 13.8 Å². The number of hydrogen-bond acceptors (Lipinski definition) is 3. The Bertz CT molecular complexity index is 993. The molecule has 8 heteroatoms. The molecule has 0 aliphatic rings. The highest BCUT2D eigenvalue weighted by atomic mass is 19.4. The summed E-state index contributed by atoms with van der Waals surface area (Å²) in [6, 6.07) is 8.01. The minimum atomic E-state index is -4.43. The predicted molar refractivity (Wildman–Crippen MR) is 98.2 cm³/mol. The summed E-state index contributed by atoms with van der Waals surface area (Å²) in [7, 11) is 0. The number of benzene rings is 1. The molecule has 1 amide bonds. The molecule has 3 rings (SSSR count). The molecule has 5 nitrogen and oxygen atoms in total. The minimum absolute atomic E-state index is 0.286. The van der Waals surface area contributed by atoms with Gasteiger partial charge < -0.3 is 5.32 Å². The average molecular weight is 388 g/mol. The summed E-state index contributed by atoms with van der Waals surface area (Å²) in [5, 5.41) is 7.07. The zero-order valence-electron chi connectivity index (χ0n) is 15.6. The van der Waals surface area contributed by atoms with Crippen LogP contribution in [0.25, 0.3) is 5.69 Å². The quantitative estimate of drug-likeness (QED) is 0.721. The Balaban J connectivity index is 1.82. The molecule has 1 atom stereocenters. The van der Waals surface area contributed by atoms with Crippen molar-refractivity contribution in [2.45, 2.75) is 33.0 Å². The second kappa shape index (κ2) is 7.46. The first-order valence-corrected chi connectivity index (χ1v) is 8.62. The van der Waals surface area contributed by atoms with Crippen molar-refractivity contribution in [2.75, 3.05) is 0 Å². The zero-order valence-corrected chi connectivity index (χ0v) is 15.6. The fraction of sp³-hybridized carbons (Fsp3) is 0.250. The number of nitrogens with zero attached hydrogens (tertiary/aromatic N) is 3. The maximum absolute atomic E-state index is 13.0. The molecule has 1 aromatic carbocycles. The van der Waals surface area contributed by atoms with Crippen molar-refractivity contribution in [2.24, 2.45) is 0 Å². The molecule has 1 N–H and O–H groups in total. The summed E-state index contributed by atoms with van der Waals surface area (Å²) in [6.07, 6.45) is -1.38. The van der Waals surface area contributed by atoms with E-state index in [4.69, 9.17) is 0 Å². The van der Waals surface area contributed by atoms with Gasteiger partial charge in [-0.05, 0) is 51.1 Å². The first-order chi connectivity index (χ1) is 13.2. The van der Waals surface area contributed by atoms with Gasteiger partial charge in [0.25, 0.3) is 5.91 Å². The third kappa shape index (κ3) is 4.05. The van der Waals surface area contributed by atoms with E-state index in [-0.39, 0.29) is 11.9 Å². The first kappa shape index (κ1) is 19.6. The van der Waals surface area contributed by atoms with Gasteiger partial charge in [-0.15, -0.1) is 0 Å². The van der Waals surface area contributed by atoms with Gasteiger partial charge in [0.05, 0.1) is 29.1 Å². The van der Waals surface area contributed by atoms with Crippen LogP contribution in [0.2, 0.25) is 0 Å². The van der Waals surface area contributed by atoms with Crippen molar-refractivity contribution in [3.63, 3.8) is 0 Å². The van der Waals surface area contributed by atoms with E-state index in [1.54, 1.807) is 38.2 Å². The molecule has 2 aromatic heterocycles. The lowest BCUT2D eigenvalue weighted by molar-refractivity contribution is -0.137. The lowest BCUT2D eigenvalue weighted by Crippen LogP contribution is -2.27. The topological polar surface area (TPSA) is 59.8 Å². The lowest BCUT2D eigenvalue weighted by Gasteiger charge is -2.15. The third-order valence-electron chi connectivity index (χ3n) is 4.45. The van der Waals surface area contributed by atoms with E-state index in [0.717, 1.165) is 17.8 Å². The van der Waals surface area contributed by atoms with E-state index in [9.17, 15) is 18.0 Å². The van der Waals surface area contributed by atoms with Gasteiger partial charge in [-0.1, -0.05) is 6.07 Å². The predicted octanol–water partition coefficient (Wildman–Crippen LogP) is 4.39. The highest BCUT2D eigenvalue weighted by Crippen LogP contribution is 2.31. The van der Waals surface area contributed by atoms with Crippen molar-refractivity contribution in [1.29, 1.82) is 0 Å². The third-order valence-corrected chi connectivity index (χ3v) is 4.45. The molecule has 146 valence electrons. The van der Waals surface area contributed by atoms with E-state index in [1.165, 1.54) is 16.9 Å². The number of carbonyl (C=O) groups excluding carboxylic acids is 1. The number of pyridine rings is 1. The highest BCUT2D eigenvalue weighted by Gasteiger charge is 2.30. The van der Waals surface area contributed by atoms with Crippen molar-refractivity contribution >= 4 is 5.91 Å². The number of amides is 1. The van der Waals surface area contributed by atoms with Crippen molar-refractivity contribution in [3.05, 3.63) is 76.9 Å². The standard InChI is InChI=1S/C20H19F3N4O/c1-12-7-8-15(10-24-12)19(28)26-13(2)18-11-25-27(14(18)3)17-6-4-5-16(9-17)20(21,22)23/h4-11,13H,1-3H3,(H,26,28)/t13-/m0/s1. The Morgan fingerprint density at radius 3 is 2.54 bits per heavy atom. The van der Waals surface area contributed by atoms with Crippen LogP contribution in [0.1, 0.15) is 45.8 Å². The Hall–Kier alpha value is -3.16. The summed E-state index contributed by atoms with van der Waals surface area (Å²) < 4.78 is 40.3.